The van der Waals surface area contributed by atoms with E-state index in [9.17, 15) is 0 Å². The number of rotatable bonds is 2. The molecule has 0 bridgehead atoms. The van der Waals surface area contributed by atoms with Crippen molar-refractivity contribution in [3.05, 3.63) is 34.9 Å². The summed E-state index contributed by atoms with van der Waals surface area (Å²) in [6.07, 6.45) is 6.74. The van der Waals surface area contributed by atoms with E-state index in [0.717, 1.165) is 31.4 Å². The maximum atomic E-state index is 5.92. The fourth-order valence-corrected chi connectivity index (χ4v) is 2.34. The van der Waals surface area contributed by atoms with E-state index >= 15 is 0 Å². The van der Waals surface area contributed by atoms with Crippen molar-refractivity contribution in [2.45, 2.75) is 38.6 Å². The summed E-state index contributed by atoms with van der Waals surface area (Å²) < 4.78 is 5.39. The van der Waals surface area contributed by atoms with Crippen LogP contribution in [0.25, 0.3) is 6.08 Å². The predicted octanol–water partition coefficient (Wildman–Crippen LogP) is 3.29. The third-order valence-electron chi connectivity index (χ3n) is 3.42. The number of nitrogens with two attached hydrogens (primary N) is 1. The molecule has 2 N–H and O–H groups in total. The molecule has 92 valence electrons. The lowest BCUT2D eigenvalue weighted by molar-refractivity contribution is 0.413. The molecule has 0 heterocycles. The minimum atomic E-state index is 0.395. The highest BCUT2D eigenvalue weighted by Crippen LogP contribution is 2.28. The quantitative estimate of drug-likeness (QED) is 0.847. The molecule has 0 unspecified atom stereocenters. The number of ether oxygens (including phenoxy) is 1. The summed E-state index contributed by atoms with van der Waals surface area (Å²) in [5.41, 5.74) is 9.88. The Morgan fingerprint density at radius 2 is 2.00 bits per heavy atom. The van der Waals surface area contributed by atoms with Crippen molar-refractivity contribution in [1.29, 1.82) is 0 Å². The monoisotopic (exact) mass is 231 g/mol. The third-order valence-corrected chi connectivity index (χ3v) is 3.42. The molecule has 0 atom stereocenters. The summed E-state index contributed by atoms with van der Waals surface area (Å²) in [5.74, 6) is 0.956. The van der Waals surface area contributed by atoms with Crippen LogP contribution in [0, 0.1) is 6.92 Å². The molecular weight excluding hydrogens is 210 g/mol. The van der Waals surface area contributed by atoms with Gasteiger partial charge < -0.3 is 10.5 Å². The normalized spacial score (nSPS) is 20.2. The molecule has 1 aliphatic rings. The van der Waals surface area contributed by atoms with Crippen molar-refractivity contribution in [3.8, 4) is 5.75 Å². The van der Waals surface area contributed by atoms with Crippen molar-refractivity contribution in [2.24, 2.45) is 5.73 Å². The number of aryl methyl sites for hydroxylation is 1. The Kier molecular flexibility index (Phi) is 3.85. The van der Waals surface area contributed by atoms with Gasteiger partial charge in [0.2, 0.25) is 0 Å². The molecule has 17 heavy (non-hydrogen) atoms. The van der Waals surface area contributed by atoms with Crippen LogP contribution in [-0.2, 0) is 0 Å². The van der Waals surface area contributed by atoms with Crippen LogP contribution in [0.5, 0.6) is 5.75 Å². The van der Waals surface area contributed by atoms with Gasteiger partial charge in [0, 0.05) is 11.6 Å². The molecule has 0 saturated heterocycles. The zero-order valence-corrected chi connectivity index (χ0v) is 10.7. The summed E-state index contributed by atoms with van der Waals surface area (Å²) in [4.78, 5) is 0. The average molecular weight is 231 g/mol. The van der Waals surface area contributed by atoms with Crippen molar-refractivity contribution in [2.75, 3.05) is 7.11 Å². The van der Waals surface area contributed by atoms with Gasteiger partial charge in [0.1, 0.15) is 5.75 Å². The number of methoxy groups -OCH3 is 1. The number of allylic oxidation sites excluding steroid dienone is 1. The summed E-state index contributed by atoms with van der Waals surface area (Å²) in [5, 5.41) is 0. The van der Waals surface area contributed by atoms with Gasteiger partial charge in [-0.2, -0.15) is 0 Å². The van der Waals surface area contributed by atoms with E-state index in [4.69, 9.17) is 10.5 Å². The Hall–Kier alpha value is -1.28. The first-order valence-electron chi connectivity index (χ1n) is 6.28. The molecule has 1 fully saturated rings. The molecule has 1 aliphatic carbocycles. The van der Waals surface area contributed by atoms with Crippen LogP contribution in [0.4, 0.5) is 0 Å². The molecule has 2 rings (SSSR count). The Labute approximate surface area is 103 Å². The second kappa shape index (κ2) is 5.37. The Morgan fingerprint density at radius 3 is 2.65 bits per heavy atom. The summed E-state index contributed by atoms with van der Waals surface area (Å²) >= 11 is 0. The minimum absolute atomic E-state index is 0.395. The van der Waals surface area contributed by atoms with E-state index in [0.29, 0.717) is 6.04 Å². The molecule has 0 amide bonds. The SMILES string of the molecule is COc1ccc(C)cc1C=C1CCC(N)CC1. The van der Waals surface area contributed by atoms with E-state index in [-0.39, 0.29) is 0 Å². The number of benzene rings is 1. The van der Waals surface area contributed by atoms with Crippen LogP contribution < -0.4 is 10.5 Å². The fraction of sp³-hybridized carbons (Fsp3) is 0.467. The number of hydrogen-bond donors (Lipinski definition) is 1. The lowest BCUT2D eigenvalue weighted by atomic mass is 9.90. The first kappa shape index (κ1) is 12.2. The largest absolute Gasteiger partial charge is 0.496 e. The standard InChI is InChI=1S/C15H21NO/c1-11-3-8-15(17-2)13(9-11)10-12-4-6-14(16)7-5-12/h3,8-10,14H,4-7,16H2,1-2H3. The smallest absolute Gasteiger partial charge is 0.126 e. The summed E-state index contributed by atoms with van der Waals surface area (Å²) in [6.45, 7) is 2.11. The second-order valence-corrected chi connectivity index (χ2v) is 4.89. The van der Waals surface area contributed by atoms with Crippen molar-refractivity contribution in [3.63, 3.8) is 0 Å². The van der Waals surface area contributed by atoms with Crippen molar-refractivity contribution >= 4 is 6.08 Å². The van der Waals surface area contributed by atoms with E-state index in [1.54, 1.807) is 7.11 Å². The van der Waals surface area contributed by atoms with Crippen molar-refractivity contribution in [1.82, 2.24) is 0 Å². The van der Waals surface area contributed by atoms with Gasteiger partial charge in [0.05, 0.1) is 7.11 Å². The highest BCUT2D eigenvalue weighted by Gasteiger charge is 2.13. The first-order valence-corrected chi connectivity index (χ1v) is 6.28. The van der Waals surface area contributed by atoms with Crippen LogP contribution in [-0.4, -0.2) is 13.2 Å². The van der Waals surface area contributed by atoms with E-state index < -0.39 is 0 Å². The molecule has 0 aliphatic heterocycles. The minimum Gasteiger partial charge on any atom is -0.496 e. The molecule has 0 radical (unpaired) electrons. The molecule has 2 nitrogen and oxygen atoms in total. The Balaban J connectivity index is 2.22. The van der Waals surface area contributed by atoms with Crippen LogP contribution in [0.15, 0.2) is 23.8 Å². The summed E-state index contributed by atoms with van der Waals surface area (Å²) in [6, 6.07) is 6.69. The molecule has 1 aromatic carbocycles. The van der Waals surface area contributed by atoms with Gasteiger partial charge in [-0.05, 0) is 44.7 Å². The first-order chi connectivity index (χ1) is 8.19. The molecular formula is C15H21NO. The van der Waals surface area contributed by atoms with Gasteiger partial charge in [-0.25, -0.2) is 0 Å². The zero-order chi connectivity index (χ0) is 12.3. The maximum absolute atomic E-state index is 5.92. The topological polar surface area (TPSA) is 35.2 Å². The van der Waals surface area contributed by atoms with Gasteiger partial charge in [-0.3, -0.25) is 0 Å². The van der Waals surface area contributed by atoms with Gasteiger partial charge in [0.25, 0.3) is 0 Å². The highest BCUT2D eigenvalue weighted by atomic mass is 16.5. The average Bonchev–Trinajstić information content (AvgIpc) is 2.32. The molecule has 0 aromatic heterocycles. The molecule has 2 heteroatoms. The predicted molar refractivity (Wildman–Crippen MR) is 72.2 cm³/mol. The van der Waals surface area contributed by atoms with E-state index in [1.807, 2.05) is 6.07 Å². The van der Waals surface area contributed by atoms with Gasteiger partial charge in [-0.1, -0.05) is 23.3 Å². The maximum Gasteiger partial charge on any atom is 0.126 e. The van der Waals surface area contributed by atoms with Gasteiger partial charge >= 0.3 is 0 Å². The molecule has 1 saturated carbocycles. The lowest BCUT2D eigenvalue weighted by Crippen LogP contribution is -2.23. The second-order valence-electron chi connectivity index (χ2n) is 4.89. The third kappa shape index (κ3) is 3.10. The Bertz CT molecular complexity index is 413. The van der Waals surface area contributed by atoms with Crippen LogP contribution in [0.3, 0.4) is 0 Å². The molecule has 1 aromatic rings. The van der Waals surface area contributed by atoms with Crippen LogP contribution >= 0.6 is 0 Å². The number of hydrogen-bond acceptors (Lipinski definition) is 2. The van der Waals surface area contributed by atoms with E-state index in [1.165, 1.54) is 16.7 Å². The van der Waals surface area contributed by atoms with Gasteiger partial charge in [-0.15, -0.1) is 0 Å². The van der Waals surface area contributed by atoms with Crippen molar-refractivity contribution < 1.29 is 4.74 Å². The van der Waals surface area contributed by atoms with Crippen LogP contribution in [0.2, 0.25) is 0 Å². The molecule has 0 spiro atoms. The fourth-order valence-electron chi connectivity index (χ4n) is 2.34. The Morgan fingerprint density at radius 1 is 1.29 bits per heavy atom. The summed E-state index contributed by atoms with van der Waals surface area (Å²) in [7, 11) is 1.73. The van der Waals surface area contributed by atoms with Crippen LogP contribution in [0.1, 0.15) is 36.8 Å². The van der Waals surface area contributed by atoms with E-state index in [2.05, 4.69) is 25.1 Å². The lowest BCUT2D eigenvalue weighted by Gasteiger charge is -2.20. The zero-order valence-electron chi connectivity index (χ0n) is 10.7. The highest BCUT2D eigenvalue weighted by molar-refractivity contribution is 5.61. The van der Waals surface area contributed by atoms with Gasteiger partial charge in [0.15, 0.2) is 0 Å².